The van der Waals surface area contributed by atoms with Gasteiger partial charge in [0, 0.05) is 24.7 Å². The molecule has 19 heavy (non-hydrogen) atoms. The van der Waals surface area contributed by atoms with Crippen molar-refractivity contribution in [1.29, 1.82) is 0 Å². The highest BCUT2D eigenvalue weighted by atomic mass is 35.5. The van der Waals surface area contributed by atoms with Crippen LogP contribution < -0.4 is 0 Å². The highest BCUT2D eigenvalue weighted by molar-refractivity contribution is 6.17. The summed E-state index contributed by atoms with van der Waals surface area (Å²) in [4.78, 5) is 2.45. The summed E-state index contributed by atoms with van der Waals surface area (Å²) in [6.45, 7) is 6.47. The van der Waals surface area contributed by atoms with E-state index in [4.69, 9.17) is 16.7 Å². The lowest BCUT2D eigenvalue weighted by Crippen LogP contribution is -2.31. The fourth-order valence-electron chi connectivity index (χ4n) is 2.82. The molecule has 0 atom stereocenters. The SMILES string of the molecule is CC(C)N(CCCCl)Cc1ccn(C2CCCC2)n1. The van der Waals surface area contributed by atoms with E-state index in [9.17, 15) is 0 Å². The maximum Gasteiger partial charge on any atom is 0.0764 e. The predicted molar refractivity (Wildman–Crippen MR) is 80.6 cm³/mol. The van der Waals surface area contributed by atoms with E-state index in [0.29, 0.717) is 12.1 Å². The maximum atomic E-state index is 5.80. The Labute approximate surface area is 121 Å². The summed E-state index contributed by atoms with van der Waals surface area (Å²) in [6.07, 6.45) is 8.50. The molecule has 1 saturated carbocycles. The third-order valence-corrected chi connectivity index (χ3v) is 4.30. The summed E-state index contributed by atoms with van der Waals surface area (Å²) in [5.41, 5.74) is 1.19. The van der Waals surface area contributed by atoms with Gasteiger partial charge in [0.1, 0.15) is 0 Å². The molecule has 0 saturated heterocycles. The van der Waals surface area contributed by atoms with Crippen molar-refractivity contribution in [2.45, 2.75) is 64.6 Å². The summed E-state index contributed by atoms with van der Waals surface area (Å²) in [6, 6.07) is 3.36. The van der Waals surface area contributed by atoms with Crippen molar-refractivity contribution < 1.29 is 0 Å². The summed E-state index contributed by atoms with van der Waals surface area (Å²) in [5.74, 6) is 0.736. The van der Waals surface area contributed by atoms with Gasteiger partial charge in [-0.2, -0.15) is 5.10 Å². The summed E-state index contributed by atoms with van der Waals surface area (Å²) in [5, 5.41) is 4.76. The second kappa shape index (κ2) is 7.30. The molecule has 0 N–H and O–H groups in total. The molecular formula is C15H26ClN3. The Kier molecular flexibility index (Phi) is 5.71. The van der Waals surface area contributed by atoms with E-state index in [-0.39, 0.29) is 0 Å². The van der Waals surface area contributed by atoms with Crippen LogP contribution in [-0.2, 0) is 6.54 Å². The zero-order chi connectivity index (χ0) is 13.7. The Bertz CT molecular complexity index is 369. The van der Waals surface area contributed by atoms with Crippen molar-refractivity contribution >= 4 is 11.6 Å². The summed E-state index contributed by atoms with van der Waals surface area (Å²) in [7, 11) is 0. The average Bonchev–Trinajstić information content (AvgIpc) is 3.04. The van der Waals surface area contributed by atoms with E-state index < -0.39 is 0 Å². The molecule has 1 heterocycles. The molecule has 2 rings (SSSR count). The van der Waals surface area contributed by atoms with Crippen LogP contribution in [0.4, 0.5) is 0 Å². The van der Waals surface area contributed by atoms with Gasteiger partial charge in [-0.25, -0.2) is 0 Å². The lowest BCUT2D eigenvalue weighted by Gasteiger charge is -2.25. The zero-order valence-electron chi connectivity index (χ0n) is 12.2. The number of alkyl halides is 1. The van der Waals surface area contributed by atoms with Gasteiger partial charge in [0.15, 0.2) is 0 Å². The molecule has 1 aromatic rings. The molecule has 0 unspecified atom stereocenters. The Morgan fingerprint density at radius 2 is 2.16 bits per heavy atom. The van der Waals surface area contributed by atoms with E-state index in [0.717, 1.165) is 25.4 Å². The lowest BCUT2D eigenvalue weighted by molar-refractivity contribution is 0.210. The first-order chi connectivity index (χ1) is 9.20. The van der Waals surface area contributed by atoms with Gasteiger partial charge in [-0.15, -0.1) is 11.6 Å². The third kappa shape index (κ3) is 4.22. The van der Waals surface area contributed by atoms with Crippen LogP contribution >= 0.6 is 11.6 Å². The molecule has 1 aromatic heterocycles. The maximum absolute atomic E-state index is 5.80. The largest absolute Gasteiger partial charge is 0.295 e. The molecule has 3 nitrogen and oxygen atoms in total. The summed E-state index contributed by atoms with van der Waals surface area (Å²) >= 11 is 5.80. The number of halogens is 1. The molecule has 0 aromatic carbocycles. The minimum Gasteiger partial charge on any atom is -0.295 e. The highest BCUT2D eigenvalue weighted by Gasteiger charge is 2.18. The van der Waals surface area contributed by atoms with Crippen LogP contribution in [0.3, 0.4) is 0 Å². The quantitative estimate of drug-likeness (QED) is 0.709. The predicted octanol–water partition coefficient (Wildman–Crippen LogP) is 3.84. The van der Waals surface area contributed by atoms with Gasteiger partial charge in [0.05, 0.1) is 11.7 Å². The second-order valence-electron chi connectivity index (χ2n) is 5.83. The van der Waals surface area contributed by atoms with Crippen LogP contribution in [0, 0.1) is 0 Å². The molecule has 1 fully saturated rings. The van der Waals surface area contributed by atoms with E-state index >= 15 is 0 Å². The van der Waals surface area contributed by atoms with E-state index in [1.54, 1.807) is 0 Å². The molecule has 0 aliphatic heterocycles. The Morgan fingerprint density at radius 1 is 1.42 bits per heavy atom. The van der Waals surface area contributed by atoms with Gasteiger partial charge >= 0.3 is 0 Å². The van der Waals surface area contributed by atoms with Crippen molar-refractivity contribution in [2.24, 2.45) is 0 Å². The molecule has 1 aliphatic carbocycles. The molecule has 0 bridgehead atoms. The minimum atomic E-state index is 0.542. The van der Waals surface area contributed by atoms with Gasteiger partial charge in [-0.05, 0) is 45.7 Å². The Hall–Kier alpha value is -0.540. The van der Waals surface area contributed by atoms with Gasteiger partial charge in [-0.1, -0.05) is 12.8 Å². The lowest BCUT2D eigenvalue weighted by atomic mass is 10.2. The first-order valence-electron chi connectivity index (χ1n) is 7.54. The monoisotopic (exact) mass is 283 g/mol. The van der Waals surface area contributed by atoms with Crippen molar-refractivity contribution in [3.05, 3.63) is 18.0 Å². The van der Waals surface area contributed by atoms with E-state index in [2.05, 4.69) is 35.7 Å². The van der Waals surface area contributed by atoms with Crippen LogP contribution in [0.15, 0.2) is 12.3 Å². The molecule has 1 aliphatic rings. The van der Waals surface area contributed by atoms with Gasteiger partial charge in [-0.3, -0.25) is 9.58 Å². The smallest absolute Gasteiger partial charge is 0.0764 e. The van der Waals surface area contributed by atoms with E-state index in [1.807, 2.05) is 0 Å². The van der Waals surface area contributed by atoms with Gasteiger partial charge in [0.2, 0.25) is 0 Å². The molecule has 0 amide bonds. The Morgan fingerprint density at radius 3 is 2.79 bits per heavy atom. The topological polar surface area (TPSA) is 21.1 Å². The van der Waals surface area contributed by atoms with Crippen molar-refractivity contribution in [3.8, 4) is 0 Å². The number of nitrogens with zero attached hydrogens (tertiary/aromatic N) is 3. The Balaban J connectivity index is 1.93. The average molecular weight is 284 g/mol. The number of aromatic nitrogens is 2. The van der Waals surface area contributed by atoms with Crippen molar-refractivity contribution in [1.82, 2.24) is 14.7 Å². The first kappa shape index (κ1) is 14.9. The molecule has 108 valence electrons. The molecule has 0 spiro atoms. The van der Waals surface area contributed by atoms with Crippen molar-refractivity contribution in [3.63, 3.8) is 0 Å². The fourth-order valence-corrected chi connectivity index (χ4v) is 2.94. The van der Waals surface area contributed by atoms with Crippen molar-refractivity contribution in [2.75, 3.05) is 12.4 Å². The van der Waals surface area contributed by atoms with E-state index in [1.165, 1.54) is 31.4 Å². The highest BCUT2D eigenvalue weighted by Crippen LogP contribution is 2.28. The van der Waals surface area contributed by atoms with Crippen LogP contribution in [0.25, 0.3) is 0 Å². The normalized spacial score (nSPS) is 16.9. The molecular weight excluding hydrogens is 258 g/mol. The third-order valence-electron chi connectivity index (χ3n) is 4.04. The fraction of sp³-hybridized carbons (Fsp3) is 0.800. The standard InChI is InChI=1S/C15H26ClN3/c1-13(2)18(10-5-9-16)12-14-8-11-19(17-14)15-6-3-4-7-15/h8,11,13,15H,3-7,9-10,12H2,1-2H3. The minimum absolute atomic E-state index is 0.542. The first-order valence-corrected chi connectivity index (χ1v) is 8.08. The van der Waals surface area contributed by atoms with Crippen LogP contribution in [0.1, 0.15) is 57.7 Å². The van der Waals surface area contributed by atoms with Gasteiger partial charge in [0.25, 0.3) is 0 Å². The number of hydrogen-bond donors (Lipinski definition) is 0. The molecule has 4 heteroatoms. The number of hydrogen-bond acceptors (Lipinski definition) is 2. The number of rotatable bonds is 7. The van der Waals surface area contributed by atoms with Crippen LogP contribution in [-0.4, -0.2) is 33.1 Å². The van der Waals surface area contributed by atoms with Crippen LogP contribution in [0.2, 0.25) is 0 Å². The van der Waals surface area contributed by atoms with Gasteiger partial charge < -0.3 is 0 Å². The second-order valence-corrected chi connectivity index (χ2v) is 6.21. The zero-order valence-corrected chi connectivity index (χ0v) is 12.9. The van der Waals surface area contributed by atoms with Crippen LogP contribution in [0.5, 0.6) is 0 Å². The summed E-state index contributed by atoms with van der Waals surface area (Å²) < 4.78 is 2.18. The molecule has 0 radical (unpaired) electrons.